The van der Waals surface area contributed by atoms with Crippen LogP contribution in [0.3, 0.4) is 0 Å². The van der Waals surface area contributed by atoms with Gasteiger partial charge in [0, 0.05) is 28.1 Å². The maximum atomic E-state index is 6.04. The van der Waals surface area contributed by atoms with E-state index in [1.807, 2.05) is 24.3 Å². The number of halogens is 2. The summed E-state index contributed by atoms with van der Waals surface area (Å²) in [5.74, 6) is 0. The fourth-order valence-corrected chi connectivity index (χ4v) is 2.48. The van der Waals surface area contributed by atoms with Crippen LogP contribution in [-0.4, -0.2) is 11.5 Å². The molecule has 0 saturated carbocycles. The lowest BCUT2D eigenvalue weighted by atomic mass is 9.99. The Kier molecular flexibility index (Phi) is 4.80. The summed E-state index contributed by atoms with van der Waals surface area (Å²) in [6.07, 6.45) is 3.49. The number of pyridine rings is 1. The number of aromatic nitrogens is 1. The van der Waals surface area contributed by atoms with Crippen molar-refractivity contribution in [2.45, 2.75) is 13.0 Å². The molecule has 2 aromatic rings. The molecule has 3 nitrogen and oxygen atoms in total. The van der Waals surface area contributed by atoms with E-state index in [1.54, 1.807) is 12.4 Å². The van der Waals surface area contributed by atoms with Crippen LogP contribution < -0.4 is 11.1 Å². The van der Waals surface area contributed by atoms with Crippen molar-refractivity contribution in [3.8, 4) is 0 Å². The minimum Gasteiger partial charge on any atom is -0.398 e. The molecule has 1 heterocycles. The molecule has 2 rings (SSSR count). The molecule has 0 spiro atoms. The maximum Gasteiger partial charge on any atom is 0.0612 e. The minimum absolute atomic E-state index is 0.00673. The van der Waals surface area contributed by atoms with Gasteiger partial charge in [0.1, 0.15) is 0 Å². The van der Waals surface area contributed by atoms with Crippen molar-refractivity contribution in [1.82, 2.24) is 10.3 Å². The molecule has 3 N–H and O–H groups in total. The van der Waals surface area contributed by atoms with Crippen molar-refractivity contribution in [3.05, 3.63) is 57.3 Å². The van der Waals surface area contributed by atoms with E-state index in [-0.39, 0.29) is 6.04 Å². The molecule has 1 aromatic heterocycles. The highest BCUT2D eigenvalue weighted by molar-refractivity contribution is 9.10. The fraction of sp³-hybridized carbons (Fsp3) is 0.214. The Bertz CT molecular complexity index is 574. The zero-order chi connectivity index (χ0) is 13.8. The summed E-state index contributed by atoms with van der Waals surface area (Å²) in [7, 11) is 0. The lowest BCUT2D eigenvalue weighted by Crippen LogP contribution is -2.23. The van der Waals surface area contributed by atoms with Gasteiger partial charge in [-0.15, -0.1) is 0 Å². The van der Waals surface area contributed by atoms with Gasteiger partial charge in [-0.25, -0.2) is 0 Å². The summed E-state index contributed by atoms with van der Waals surface area (Å²) in [5.41, 5.74) is 8.83. The van der Waals surface area contributed by atoms with Gasteiger partial charge in [0.2, 0.25) is 0 Å². The first kappa shape index (κ1) is 14.3. The summed E-state index contributed by atoms with van der Waals surface area (Å²) in [6.45, 7) is 2.89. The van der Waals surface area contributed by atoms with Crippen LogP contribution in [0.1, 0.15) is 24.1 Å². The summed E-state index contributed by atoms with van der Waals surface area (Å²) < 4.78 is 0.872. The van der Waals surface area contributed by atoms with E-state index in [0.717, 1.165) is 27.8 Å². The van der Waals surface area contributed by atoms with Crippen LogP contribution in [0.15, 0.2) is 41.1 Å². The molecule has 1 aromatic carbocycles. The van der Waals surface area contributed by atoms with Gasteiger partial charge < -0.3 is 11.1 Å². The van der Waals surface area contributed by atoms with Gasteiger partial charge in [-0.05, 0) is 46.2 Å². The molecule has 0 aliphatic carbocycles. The average molecular weight is 341 g/mol. The Balaban J connectivity index is 2.45. The van der Waals surface area contributed by atoms with Crippen LogP contribution in [-0.2, 0) is 0 Å². The van der Waals surface area contributed by atoms with E-state index in [0.29, 0.717) is 5.02 Å². The standard InChI is InChI=1S/C14H15BrClN3/c1-2-19-14(10-8-18-6-5-13(10)17)9-3-4-12(16)11(15)7-9/h3-8,14,19H,2H2,1H3,(H2,17,18). The molecule has 0 radical (unpaired) electrons. The molecule has 100 valence electrons. The van der Waals surface area contributed by atoms with Gasteiger partial charge in [-0.1, -0.05) is 24.6 Å². The number of nitrogens with zero attached hydrogens (tertiary/aromatic N) is 1. The number of nitrogens with two attached hydrogens (primary N) is 1. The number of anilines is 1. The lowest BCUT2D eigenvalue weighted by Gasteiger charge is -2.20. The molecule has 1 atom stereocenters. The fourth-order valence-electron chi connectivity index (χ4n) is 1.96. The summed E-state index contributed by atoms with van der Waals surface area (Å²) in [4.78, 5) is 4.16. The molecular formula is C14H15BrClN3. The van der Waals surface area contributed by atoms with Crippen LogP contribution in [0, 0.1) is 0 Å². The van der Waals surface area contributed by atoms with Crippen molar-refractivity contribution in [2.75, 3.05) is 12.3 Å². The highest BCUT2D eigenvalue weighted by Gasteiger charge is 2.16. The largest absolute Gasteiger partial charge is 0.398 e. The molecular weight excluding hydrogens is 326 g/mol. The Morgan fingerprint density at radius 3 is 2.84 bits per heavy atom. The van der Waals surface area contributed by atoms with E-state index in [2.05, 4.69) is 33.2 Å². The predicted octanol–water partition coefficient (Wildman–Crippen LogP) is 3.78. The Morgan fingerprint density at radius 1 is 1.42 bits per heavy atom. The number of hydrogen-bond acceptors (Lipinski definition) is 3. The second kappa shape index (κ2) is 6.37. The Labute approximate surface area is 126 Å². The van der Waals surface area contributed by atoms with Crippen molar-refractivity contribution in [2.24, 2.45) is 0 Å². The SMILES string of the molecule is CCNC(c1ccc(Cl)c(Br)c1)c1cnccc1N. The normalized spacial score (nSPS) is 12.4. The first-order valence-electron chi connectivity index (χ1n) is 6.01. The van der Waals surface area contributed by atoms with Crippen LogP contribution >= 0.6 is 27.5 Å². The smallest absolute Gasteiger partial charge is 0.0612 e. The molecule has 0 amide bonds. The van der Waals surface area contributed by atoms with Crippen LogP contribution in [0.5, 0.6) is 0 Å². The first-order valence-corrected chi connectivity index (χ1v) is 7.18. The third kappa shape index (κ3) is 3.26. The van der Waals surface area contributed by atoms with Crippen molar-refractivity contribution >= 4 is 33.2 Å². The zero-order valence-corrected chi connectivity index (χ0v) is 12.9. The average Bonchev–Trinajstić information content (AvgIpc) is 2.40. The molecule has 0 aliphatic rings. The third-order valence-electron chi connectivity index (χ3n) is 2.88. The topological polar surface area (TPSA) is 50.9 Å². The van der Waals surface area contributed by atoms with Gasteiger partial charge in [0.15, 0.2) is 0 Å². The number of rotatable bonds is 4. The van der Waals surface area contributed by atoms with E-state index in [1.165, 1.54) is 0 Å². The monoisotopic (exact) mass is 339 g/mol. The molecule has 5 heteroatoms. The second-order valence-electron chi connectivity index (χ2n) is 4.17. The van der Waals surface area contributed by atoms with Gasteiger partial charge in [0.25, 0.3) is 0 Å². The second-order valence-corrected chi connectivity index (χ2v) is 5.43. The number of nitrogens with one attached hydrogen (secondary N) is 1. The van der Waals surface area contributed by atoms with Crippen LogP contribution in [0.4, 0.5) is 5.69 Å². The van der Waals surface area contributed by atoms with E-state index < -0.39 is 0 Å². The molecule has 0 bridgehead atoms. The van der Waals surface area contributed by atoms with Crippen molar-refractivity contribution in [3.63, 3.8) is 0 Å². The molecule has 1 unspecified atom stereocenters. The van der Waals surface area contributed by atoms with Crippen molar-refractivity contribution in [1.29, 1.82) is 0 Å². The van der Waals surface area contributed by atoms with E-state index >= 15 is 0 Å². The van der Waals surface area contributed by atoms with Gasteiger partial charge in [-0.2, -0.15) is 0 Å². The maximum absolute atomic E-state index is 6.04. The Hall–Kier alpha value is -1.10. The van der Waals surface area contributed by atoms with Gasteiger partial charge in [-0.3, -0.25) is 4.98 Å². The summed E-state index contributed by atoms with van der Waals surface area (Å²) in [6, 6.07) is 7.68. The molecule has 0 aliphatic heterocycles. The molecule has 0 saturated heterocycles. The predicted molar refractivity (Wildman–Crippen MR) is 83.3 cm³/mol. The highest BCUT2D eigenvalue weighted by atomic mass is 79.9. The number of nitrogen functional groups attached to an aromatic ring is 1. The van der Waals surface area contributed by atoms with Gasteiger partial charge >= 0.3 is 0 Å². The quantitative estimate of drug-likeness (QED) is 0.890. The van der Waals surface area contributed by atoms with Crippen molar-refractivity contribution < 1.29 is 0 Å². The van der Waals surface area contributed by atoms with E-state index in [4.69, 9.17) is 17.3 Å². The van der Waals surface area contributed by atoms with E-state index in [9.17, 15) is 0 Å². The van der Waals surface area contributed by atoms with Crippen LogP contribution in [0.2, 0.25) is 5.02 Å². The third-order valence-corrected chi connectivity index (χ3v) is 4.10. The zero-order valence-electron chi connectivity index (χ0n) is 10.5. The summed E-state index contributed by atoms with van der Waals surface area (Å²) >= 11 is 9.49. The van der Waals surface area contributed by atoms with Gasteiger partial charge in [0.05, 0.1) is 11.1 Å². The first-order chi connectivity index (χ1) is 9.13. The lowest BCUT2D eigenvalue weighted by molar-refractivity contribution is 0.630. The highest BCUT2D eigenvalue weighted by Crippen LogP contribution is 2.30. The number of hydrogen-bond donors (Lipinski definition) is 2. The summed E-state index contributed by atoms with van der Waals surface area (Å²) in [5, 5.41) is 4.11. The van der Waals surface area contributed by atoms with Crippen LogP contribution in [0.25, 0.3) is 0 Å². The number of benzene rings is 1. The minimum atomic E-state index is 0.00673. The molecule has 0 fully saturated rings. The molecule has 19 heavy (non-hydrogen) atoms. The Morgan fingerprint density at radius 2 is 2.21 bits per heavy atom.